The van der Waals surface area contributed by atoms with Crippen LogP contribution in [0.15, 0.2) is 29.3 Å². The van der Waals surface area contributed by atoms with E-state index in [1.165, 1.54) is 12.1 Å². The maximum atomic E-state index is 12.9. The summed E-state index contributed by atoms with van der Waals surface area (Å²) in [5, 5.41) is 4.16. The molecular formula is C14H17F3N2S. The van der Waals surface area contributed by atoms with E-state index in [-0.39, 0.29) is 12.1 Å². The fraction of sp³-hybridized carbons (Fsp3) is 0.500. The van der Waals surface area contributed by atoms with Crippen LogP contribution in [0.5, 0.6) is 0 Å². The van der Waals surface area contributed by atoms with Gasteiger partial charge in [-0.3, -0.25) is 4.99 Å². The fourth-order valence-electron chi connectivity index (χ4n) is 1.96. The summed E-state index contributed by atoms with van der Waals surface area (Å²) in [5.74, 6) is 0.505. The van der Waals surface area contributed by atoms with Crippen LogP contribution >= 0.6 is 11.8 Å². The molecule has 1 unspecified atom stereocenters. The number of thioether (sulfide) groups is 1. The van der Waals surface area contributed by atoms with Gasteiger partial charge in [-0.05, 0) is 17.5 Å². The molecule has 110 valence electrons. The van der Waals surface area contributed by atoms with Crippen LogP contribution in [0, 0.1) is 5.92 Å². The highest BCUT2D eigenvalue weighted by molar-refractivity contribution is 8.14. The normalized spacial score (nSPS) is 19.3. The molecule has 1 aliphatic heterocycles. The Morgan fingerprint density at radius 1 is 1.35 bits per heavy atom. The molecule has 0 fully saturated rings. The van der Waals surface area contributed by atoms with E-state index >= 15 is 0 Å². The van der Waals surface area contributed by atoms with E-state index in [0.29, 0.717) is 11.2 Å². The second-order valence-corrected chi connectivity index (χ2v) is 6.28. The van der Waals surface area contributed by atoms with Gasteiger partial charge in [0.05, 0.1) is 12.1 Å². The first-order valence-corrected chi connectivity index (χ1v) is 7.36. The van der Waals surface area contributed by atoms with Gasteiger partial charge in [-0.2, -0.15) is 13.2 Å². The van der Waals surface area contributed by atoms with Crippen molar-refractivity contribution in [1.82, 2.24) is 5.32 Å². The molecule has 1 aromatic carbocycles. The van der Waals surface area contributed by atoms with E-state index in [4.69, 9.17) is 0 Å². The molecule has 0 amide bonds. The Morgan fingerprint density at radius 3 is 2.65 bits per heavy atom. The molecule has 0 radical (unpaired) electrons. The molecule has 2 nitrogen and oxygen atoms in total. The van der Waals surface area contributed by atoms with Gasteiger partial charge in [-0.15, -0.1) is 0 Å². The molecule has 0 saturated heterocycles. The van der Waals surface area contributed by atoms with Crippen LogP contribution in [-0.4, -0.2) is 17.0 Å². The van der Waals surface area contributed by atoms with Crippen molar-refractivity contribution in [3.05, 3.63) is 35.4 Å². The van der Waals surface area contributed by atoms with Crippen molar-refractivity contribution in [3.63, 3.8) is 0 Å². The van der Waals surface area contributed by atoms with Gasteiger partial charge in [-0.1, -0.05) is 43.8 Å². The standard InChI is InChI=1S/C14H17F3N2S/c1-9(2)12-8-19-13(20-12)18-7-10-5-3-4-6-11(10)14(15,16)17/h3-6,9,12H,7-8H2,1-2H3,(H,18,19). The largest absolute Gasteiger partial charge is 0.416 e. The Bertz CT molecular complexity index is 497. The minimum Gasteiger partial charge on any atom is -0.361 e. The number of nitrogens with zero attached hydrogens (tertiary/aromatic N) is 1. The molecule has 0 saturated carbocycles. The van der Waals surface area contributed by atoms with Crippen LogP contribution in [0.2, 0.25) is 0 Å². The lowest BCUT2D eigenvalue weighted by atomic mass is 10.1. The van der Waals surface area contributed by atoms with Gasteiger partial charge in [0.1, 0.15) is 0 Å². The Morgan fingerprint density at radius 2 is 2.05 bits per heavy atom. The number of hydrogen-bond donors (Lipinski definition) is 1. The molecule has 1 heterocycles. The Hall–Kier alpha value is -1.17. The zero-order valence-electron chi connectivity index (χ0n) is 11.4. The maximum absolute atomic E-state index is 12.9. The summed E-state index contributed by atoms with van der Waals surface area (Å²) in [6, 6.07) is 5.63. The van der Waals surface area contributed by atoms with Gasteiger partial charge in [-0.25, -0.2) is 0 Å². The molecule has 2 rings (SSSR count). The predicted octanol–water partition coefficient (Wildman–Crippen LogP) is 3.92. The van der Waals surface area contributed by atoms with E-state index in [1.54, 1.807) is 17.8 Å². The first-order chi connectivity index (χ1) is 9.38. The molecular weight excluding hydrogens is 285 g/mol. The Labute approximate surface area is 120 Å². The molecule has 0 aliphatic carbocycles. The Kier molecular flexibility index (Phi) is 4.62. The lowest BCUT2D eigenvalue weighted by molar-refractivity contribution is -0.138. The third-order valence-electron chi connectivity index (χ3n) is 3.17. The number of hydrogen-bond acceptors (Lipinski definition) is 3. The van der Waals surface area contributed by atoms with Crippen LogP contribution in [0.25, 0.3) is 0 Å². The average Bonchev–Trinajstić information content (AvgIpc) is 2.84. The van der Waals surface area contributed by atoms with Crippen LogP contribution in [-0.2, 0) is 12.7 Å². The SMILES string of the molecule is CC(C)C1CN=C(NCc2ccccc2C(F)(F)F)S1. The number of alkyl halides is 3. The van der Waals surface area contributed by atoms with Crippen molar-refractivity contribution in [3.8, 4) is 0 Å². The summed E-state index contributed by atoms with van der Waals surface area (Å²) in [4.78, 5) is 4.33. The lowest BCUT2D eigenvalue weighted by Crippen LogP contribution is -2.22. The summed E-state index contributed by atoms with van der Waals surface area (Å²) in [7, 11) is 0. The highest BCUT2D eigenvalue weighted by atomic mass is 32.2. The smallest absolute Gasteiger partial charge is 0.361 e. The third-order valence-corrected chi connectivity index (χ3v) is 4.67. The lowest BCUT2D eigenvalue weighted by Gasteiger charge is -2.14. The number of benzene rings is 1. The minimum absolute atomic E-state index is 0.145. The second-order valence-electron chi connectivity index (χ2n) is 5.05. The van der Waals surface area contributed by atoms with Crippen molar-refractivity contribution >= 4 is 16.9 Å². The van der Waals surface area contributed by atoms with Crippen molar-refractivity contribution in [1.29, 1.82) is 0 Å². The van der Waals surface area contributed by atoms with Gasteiger partial charge in [0.15, 0.2) is 5.17 Å². The predicted molar refractivity (Wildman–Crippen MR) is 76.8 cm³/mol. The van der Waals surface area contributed by atoms with Crippen LogP contribution in [0.3, 0.4) is 0 Å². The van der Waals surface area contributed by atoms with E-state index in [2.05, 4.69) is 24.2 Å². The third kappa shape index (κ3) is 3.69. The van der Waals surface area contributed by atoms with Gasteiger partial charge in [0, 0.05) is 11.8 Å². The molecule has 0 bridgehead atoms. The summed E-state index contributed by atoms with van der Waals surface area (Å²) >= 11 is 1.61. The molecule has 1 atom stereocenters. The van der Waals surface area contributed by atoms with Crippen molar-refractivity contribution in [2.75, 3.05) is 6.54 Å². The molecule has 20 heavy (non-hydrogen) atoms. The van der Waals surface area contributed by atoms with Gasteiger partial charge >= 0.3 is 6.18 Å². The van der Waals surface area contributed by atoms with Crippen LogP contribution < -0.4 is 5.32 Å². The van der Waals surface area contributed by atoms with Gasteiger partial charge in [0.2, 0.25) is 0 Å². The van der Waals surface area contributed by atoms with E-state index in [1.807, 2.05) is 0 Å². The molecule has 6 heteroatoms. The summed E-state index contributed by atoms with van der Waals surface area (Å²) in [6.45, 7) is 5.11. The molecule has 1 aromatic rings. The maximum Gasteiger partial charge on any atom is 0.416 e. The van der Waals surface area contributed by atoms with E-state index < -0.39 is 11.7 Å². The topological polar surface area (TPSA) is 24.4 Å². The first kappa shape index (κ1) is 15.2. The summed E-state index contributed by atoms with van der Waals surface area (Å²) in [6.07, 6.45) is -4.32. The molecule has 1 aliphatic rings. The monoisotopic (exact) mass is 302 g/mol. The number of aliphatic imine (C=N–C) groups is 1. The van der Waals surface area contributed by atoms with E-state index in [0.717, 1.165) is 17.8 Å². The van der Waals surface area contributed by atoms with Crippen molar-refractivity contribution in [2.24, 2.45) is 10.9 Å². The number of rotatable bonds is 3. The molecule has 0 aromatic heterocycles. The summed E-state index contributed by atoms with van der Waals surface area (Å²) in [5.41, 5.74) is -0.340. The highest BCUT2D eigenvalue weighted by Gasteiger charge is 2.33. The van der Waals surface area contributed by atoms with Crippen LogP contribution in [0.4, 0.5) is 13.2 Å². The number of nitrogens with one attached hydrogen (secondary N) is 1. The van der Waals surface area contributed by atoms with E-state index in [9.17, 15) is 13.2 Å². The minimum atomic E-state index is -4.32. The van der Waals surface area contributed by atoms with Crippen molar-refractivity contribution in [2.45, 2.75) is 31.8 Å². The highest BCUT2D eigenvalue weighted by Crippen LogP contribution is 2.32. The zero-order valence-corrected chi connectivity index (χ0v) is 12.2. The number of halogens is 3. The first-order valence-electron chi connectivity index (χ1n) is 6.48. The Balaban J connectivity index is 1.99. The molecule has 0 spiro atoms. The van der Waals surface area contributed by atoms with Crippen molar-refractivity contribution < 1.29 is 13.2 Å². The summed E-state index contributed by atoms with van der Waals surface area (Å²) < 4.78 is 38.6. The zero-order chi connectivity index (χ0) is 14.8. The molecule has 1 N–H and O–H groups in total. The average molecular weight is 302 g/mol. The quantitative estimate of drug-likeness (QED) is 0.915. The second kappa shape index (κ2) is 6.08. The van der Waals surface area contributed by atoms with Crippen LogP contribution in [0.1, 0.15) is 25.0 Å². The van der Waals surface area contributed by atoms with Gasteiger partial charge < -0.3 is 5.32 Å². The number of amidine groups is 1. The van der Waals surface area contributed by atoms with Gasteiger partial charge in [0.25, 0.3) is 0 Å². The fourth-order valence-corrected chi connectivity index (χ4v) is 2.97.